The molecule has 0 aliphatic rings. The van der Waals surface area contributed by atoms with E-state index in [0.29, 0.717) is 16.3 Å². The second-order valence-corrected chi connectivity index (χ2v) is 6.36. The van der Waals surface area contributed by atoms with Gasteiger partial charge in [-0.15, -0.1) is 0 Å². The maximum absolute atomic E-state index is 12.5. The molecule has 0 bridgehead atoms. The summed E-state index contributed by atoms with van der Waals surface area (Å²) in [6, 6.07) is 3.38. The van der Waals surface area contributed by atoms with Crippen molar-refractivity contribution in [3.63, 3.8) is 0 Å². The molecule has 0 aromatic carbocycles. The zero-order chi connectivity index (χ0) is 17.9. The molecule has 2 rings (SSSR count). The fraction of sp³-hybridized carbons (Fsp3) is 0.357. The quantitative estimate of drug-likeness (QED) is 0.644. The molecule has 2 heterocycles. The number of rotatable bonds is 6. The van der Waals surface area contributed by atoms with Gasteiger partial charge in [-0.05, 0) is 18.4 Å². The van der Waals surface area contributed by atoms with Crippen molar-refractivity contribution in [1.29, 1.82) is 0 Å². The van der Waals surface area contributed by atoms with E-state index in [4.69, 9.17) is 11.6 Å². The fourth-order valence-electron chi connectivity index (χ4n) is 2.09. The maximum Gasteiger partial charge on any atom is 0.376 e. The SMILES string of the molecule is CSCC(C)C(=O)N(c1cn(-c2cccnc2)nc1Cl)C(O)(O)O. The van der Waals surface area contributed by atoms with Crippen LogP contribution >= 0.6 is 23.4 Å². The van der Waals surface area contributed by atoms with Gasteiger partial charge < -0.3 is 15.3 Å². The van der Waals surface area contributed by atoms with Gasteiger partial charge in [-0.3, -0.25) is 9.78 Å². The Bertz CT molecular complexity index is 705. The molecule has 1 unspecified atom stereocenters. The Hall–Kier alpha value is -1.65. The third kappa shape index (κ3) is 4.05. The van der Waals surface area contributed by atoms with Crippen LogP contribution in [0.2, 0.25) is 5.15 Å². The molecule has 1 amide bonds. The highest BCUT2D eigenvalue weighted by Crippen LogP contribution is 2.30. The van der Waals surface area contributed by atoms with Crippen LogP contribution in [0.1, 0.15) is 6.92 Å². The molecule has 3 N–H and O–H groups in total. The maximum atomic E-state index is 12.5. The highest BCUT2D eigenvalue weighted by atomic mass is 35.5. The van der Waals surface area contributed by atoms with E-state index in [-0.39, 0.29) is 10.8 Å². The summed E-state index contributed by atoms with van der Waals surface area (Å²) in [7, 11) is 0. The molecule has 1 atom stereocenters. The average Bonchev–Trinajstić information content (AvgIpc) is 2.89. The molecular weight excluding hydrogens is 356 g/mol. The summed E-state index contributed by atoms with van der Waals surface area (Å²) in [5, 5.41) is 32.7. The molecular formula is C14H17ClN4O4S. The molecule has 24 heavy (non-hydrogen) atoms. The lowest BCUT2D eigenvalue weighted by Crippen LogP contribution is -2.54. The fourth-order valence-corrected chi connectivity index (χ4v) is 2.94. The van der Waals surface area contributed by atoms with Crippen molar-refractivity contribution in [3.8, 4) is 5.69 Å². The van der Waals surface area contributed by atoms with Gasteiger partial charge in [0.15, 0.2) is 5.15 Å². The molecule has 10 heteroatoms. The van der Waals surface area contributed by atoms with Crippen molar-refractivity contribution in [1.82, 2.24) is 14.8 Å². The molecule has 0 saturated heterocycles. The van der Waals surface area contributed by atoms with Crippen molar-refractivity contribution in [2.24, 2.45) is 5.92 Å². The molecule has 0 spiro atoms. The first kappa shape index (κ1) is 18.7. The summed E-state index contributed by atoms with van der Waals surface area (Å²) >= 11 is 7.45. The number of hydrogen-bond donors (Lipinski definition) is 3. The van der Waals surface area contributed by atoms with Crippen LogP contribution in [-0.4, -0.2) is 54.1 Å². The number of aromatic nitrogens is 3. The Kier molecular flexibility index (Phi) is 5.83. The predicted octanol–water partition coefficient (Wildman–Crippen LogP) is 0.841. The Labute approximate surface area is 147 Å². The molecule has 0 fully saturated rings. The van der Waals surface area contributed by atoms with Crippen LogP contribution in [-0.2, 0) is 4.79 Å². The topological polar surface area (TPSA) is 112 Å². The van der Waals surface area contributed by atoms with Gasteiger partial charge in [0.2, 0.25) is 5.91 Å². The number of aliphatic hydroxyl groups is 3. The first-order chi connectivity index (χ1) is 11.3. The highest BCUT2D eigenvalue weighted by Gasteiger charge is 2.39. The van der Waals surface area contributed by atoms with Crippen molar-refractivity contribution >= 4 is 35.0 Å². The summed E-state index contributed by atoms with van der Waals surface area (Å²) in [4.78, 5) is 16.9. The van der Waals surface area contributed by atoms with Gasteiger partial charge in [0.1, 0.15) is 5.69 Å². The molecule has 0 radical (unpaired) electrons. The number of pyridine rings is 1. The Morgan fingerprint density at radius 2 is 2.21 bits per heavy atom. The van der Waals surface area contributed by atoms with Crippen LogP contribution < -0.4 is 4.90 Å². The average molecular weight is 373 g/mol. The number of nitrogens with zero attached hydrogens (tertiary/aromatic N) is 4. The summed E-state index contributed by atoms with van der Waals surface area (Å²) in [5.74, 6) is -0.854. The van der Waals surface area contributed by atoms with Crippen molar-refractivity contribution < 1.29 is 20.1 Å². The lowest BCUT2D eigenvalue weighted by molar-refractivity contribution is -0.306. The number of halogens is 1. The second-order valence-electron chi connectivity index (χ2n) is 5.09. The number of carbonyl (C=O) groups excluding carboxylic acids is 1. The molecule has 0 aliphatic carbocycles. The first-order valence-electron chi connectivity index (χ1n) is 6.91. The second kappa shape index (κ2) is 7.49. The van der Waals surface area contributed by atoms with Crippen molar-refractivity contribution in [3.05, 3.63) is 35.9 Å². The van der Waals surface area contributed by atoms with Crippen molar-refractivity contribution in [2.45, 2.75) is 13.0 Å². The molecule has 2 aromatic heterocycles. The van der Waals surface area contributed by atoms with Crippen LogP contribution in [0.15, 0.2) is 30.7 Å². The van der Waals surface area contributed by atoms with Gasteiger partial charge in [0.25, 0.3) is 0 Å². The molecule has 8 nitrogen and oxygen atoms in total. The van der Waals surface area contributed by atoms with Crippen LogP contribution in [0.5, 0.6) is 0 Å². The van der Waals surface area contributed by atoms with E-state index in [9.17, 15) is 20.1 Å². The van der Waals surface area contributed by atoms with Gasteiger partial charge in [0.05, 0.1) is 18.1 Å². The van der Waals surface area contributed by atoms with E-state index >= 15 is 0 Å². The van der Waals surface area contributed by atoms with Gasteiger partial charge in [0, 0.05) is 17.9 Å². The number of thioether (sulfide) groups is 1. The third-order valence-corrected chi connectivity index (χ3v) is 4.26. The van der Waals surface area contributed by atoms with Gasteiger partial charge >= 0.3 is 6.10 Å². The minimum Gasteiger partial charge on any atom is -0.325 e. The molecule has 130 valence electrons. The van der Waals surface area contributed by atoms with Crippen LogP contribution in [0.3, 0.4) is 0 Å². The number of anilines is 1. The van der Waals surface area contributed by atoms with E-state index in [1.165, 1.54) is 28.8 Å². The van der Waals surface area contributed by atoms with E-state index < -0.39 is 17.9 Å². The van der Waals surface area contributed by atoms with Gasteiger partial charge in [-0.25, -0.2) is 9.58 Å². The molecule has 0 aliphatic heterocycles. The third-order valence-electron chi connectivity index (χ3n) is 3.16. The van der Waals surface area contributed by atoms with E-state index in [2.05, 4.69) is 10.1 Å². The molecule has 0 saturated carbocycles. The van der Waals surface area contributed by atoms with Gasteiger partial charge in [-0.1, -0.05) is 18.5 Å². The normalized spacial score (nSPS) is 12.9. The van der Waals surface area contributed by atoms with Gasteiger partial charge in [-0.2, -0.15) is 16.9 Å². The minimum atomic E-state index is -3.41. The first-order valence-corrected chi connectivity index (χ1v) is 8.68. The largest absolute Gasteiger partial charge is 0.376 e. The number of carbonyl (C=O) groups is 1. The highest BCUT2D eigenvalue weighted by molar-refractivity contribution is 7.98. The van der Waals surface area contributed by atoms with E-state index in [1.54, 1.807) is 25.3 Å². The zero-order valence-corrected chi connectivity index (χ0v) is 14.6. The van der Waals surface area contributed by atoms with E-state index in [0.717, 1.165) is 0 Å². The van der Waals surface area contributed by atoms with Crippen LogP contribution in [0.4, 0.5) is 5.69 Å². The smallest absolute Gasteiger partial charge is 0.325 e. The van der Waals surface area contributed by atoms with E-state index in [1.807, 2.05) is 6.26 Å². The zero-order valence-electron chi connectivity index (χ0n) is 13.0. The summed E-state index contributed by atoms with van der Waals surface area (Å²) in [5.41, 5.74) is 0.417. The minimum absolute atomic E-state index is 0.133. The Morgan fingerprint density at radius 1 is 1.50 bits per heavy atom. The van der Waals surface area contributed by atoms with Crippen molar-refractivity contribution in [2.75, 3.05) is 16.9 Å². The summed E-state index contributed by atoms with van der Waals surface area (Å²) in [6.07, 6.45) is 2.80. The Balaban J connectivity index is 2.45. The van der Waals surface area contributed by atoms with Crippen LogP contribution in [0.25, 0.3) is 5.69 Å². The Morgan fingerprint density at radius 3 is 2.75 bits per heavy atom. The number of hydrogen-bond acceptors (Lipinski definition) is 7. The molecule has 2 aromatic rings. The monoisotopic (exact) mass is 372 g/mol. The lowest BCUT2D eigenvalue weighted by atomic mass is 10.2. The summed E-state index contributed by atoms with van der Waals surface area (Å²) in [6.45, 7) is 1.61. The lowest BCUT2D eigenvalue weighted by Gasteiger charge is -2.31. The number of amides is 1. The summed E-state index contributed by atoms with van der Waals surface area (Å²) < 4.78 is 1.32. The van der Waals surface area contributed by atoms with Crippen LogP contribution in [0, 0.1) is 5.92 Å². The predicted molar refractivity (Wildman–Crippen MR) is 90.8 cm³/mol. The standard InChI is InChI=1S/C14H17ClN4O4S/c1-9(8-24-2)13(20)19(14(21,22)23)11-7-18(17-12(11)15)10-4-3-5-16-6-10/h3-7,9,21-23H,8H2,1-2H3.